The molecule has 5 heteroatoms. The fourth-order valence-electron chi connectivity index (χ4n) is 3.41. The summed E-state index contributed by atoms with van der Waals surface area (Å²) in [6.07, 6.45) is 5.05. The Kier molecular flexibility index (Phi) is 7.22. The lowest BCUT2D eigenvalue weighted by Gasteiger charge is -2.36. The average Bonchev–Trinajstić information content (AvgIpc) is 2.72. The normalized spacial score (nSPS) is 14.9. The third-order valence-corrected chi connectivity index (χ3v) is 5.03. The Morgan fingerprint density at radius 3 is 2.59 bits per heavy atom. The Morgan fingerprint density at radius 1 is 1.07 bits per heavy atom. The number of anilines is 1. The molecule has 2 heterocycles. The number of unbranched alkanes of at least 4 members (excludes halogenated alkanes) is 2. The second-order valence-electron chi connectivity index (χ2n) is 7.11. The van der Waals surface area contributed by atoms with Gasteiger partial charge in [0.15, 0.2) is 0 Å². The molecule has 5 nitrogen and oxygen atoms in total. The molecular formula is C22H30N4O. The van der Waals surface area contributed by atoms with E-state index in [0.717, 1.165) is 64.2 Å². The number of carbonyl (C=O) groups excluding carboxylic acids is 1. The van der Waals surface area contributed by atoms with Crippen molar-refractivity contribution >= 4 is 11.6 Å². The molecule has 0 saturated carbocycles. The van der Waals surface area contributed by atoms with Crippen molar-refractivity contribution in [2.75, 3.05) is 37.6 Å². The zero-order chi connectivity index (χ0) is 18.9. The van der Waals surface area contributed by atoms with E-state index in [1.807, 2.05) is 12.1 Å². The fourth-order valence-corrected chi connectivity index (χ4v) is 3.41. The van der Waals surface area contributed by atoms with Crippen LogP contribution in [-0.2, 0) is 6.54 Å². The van der Waals surface area contributed by atoms with Crippen LogP contribution in [0, 0.1) is 0 Å². The molecule has 1 N–H and O–H groups in total. The highest BCUT2D eigenvalue weighted by atomic mass is 16.1. The van der Waals surface area contributed by atoms with Crippen LogP contribution in [0.3, 0.4) is 0 Å². The predicted octanol–water partition coefficient (Wildman–Crippen LogP) is 3.32. The first-order valence-corrected chi connectivity index (χ1v) is 10.0. The van der Waals surface area contributed by atoms with E-state index in [4.69, 9.17) is 0 Å². The summed E-state index contributed by atoms with van der Waals surface area (Å²) in [6, 6.07) is 14.5. The lowest BCUT2D eigenvalue weighted by Crippen LogP contribution is -2.46. The third kappa shape index (κ3) is 5.79. The first kappa shape index (κ1) is 19.4. The summed E-state index contributed by atoms with van der Waals surface area (Å²) in [5.74, 6) is -0.0735. The van der Waals surface area contributed by atoms with Crippen LogP contribution in [0.1, 0.15) is 42.2 Å². The van der Waals surface area contributed by atoms with Crippen LogP contribution in [0.25, 0.3) is 0 Å². The summed E-state index contributed by atoms with van der Waals surface area (Å²) in [6.45, 7) is 7.86. The van der Waals surface area contributed by atoms with Gasteiger partial charge in [0.05, 0.1) is 0 Å². The van der Waals surface area contributed by atoms with E-state index in [2.05, 4.69) is 57.4 Å². The van der Waals surface area contributed by atoms with Gasteiger partial charge in [-0.2, -0.15) is 0 Å². The Balaban J connectivity index is 1.51. The summed E-state index contributed by atoms with van der Waals surface area (Å²) in [7, 11) is 0. The Labute approximate surface area is 162 Å². The van der Waals surface area contributed by atoms with Gasteiger partial charge in [-0.3, -0.25) is 14.7 Å². The van der Waals surface area contributed by atoms with Gasteiger partial charge in [0.2, 0.25) is 0 Å². The van der Waals surface area contributed by atoms with Crippen LogP contribution < -0.4 is 10.2 Å². The van der Waals surface area contributed by atoms with Crippen molar-refractivity contribution in [3.05, 3.63) is 59.9 Å². The molecule has 3 rings (SSSR count). The number of hydrogen-bond donors (Lipinski definition) is 1. The van der Waals surface area contributed by atoms with Crippen molar-refractivity contribution in [2.24, 2.45) is 0 Å². The van der Waals surface area contributed by atoms with Gasteiger partial charge in [-0.25, -0.2) is 0 Å². The van der Waals surface area contributed by atoms with Crippen LogP contribution in [0.2, 0.25) is 0 Å². The highest BCUT2D eigenvalue weighted by Crippen LogP contribution is 2.18. The highest BCUT2D eigenvalue weighted by Gasteiger charge is 2.18. The maximum absolute atomic E-state index is 12.3. The minimum Gasteiger partial charge on any atom is -0.369 e. The SMILES string of the molecule is CCCCCNC(=O)c1cc(N2CCN(Cc3ccccc3)CC2)ccn1. The molecule has 1 aromatic carbocycles. The van der Waals surface area contributed by atoms with Crippen molar-refractivity contribution in [3.63, 3.8) is 0 Å². The molecule has 0 bridgehead atoms. The number of pyridine rings is 1. The highest BCUT2D eigenvalue weighted by molar-refractivity contribution is 5.93. The maximum atomic E-state index is 12.3. The van der Waals surface area contributed by atoms with E-state index >= 15 is 0 Å². The molecule has 144 valence electrons. The van der Waals surface area contributed by atoms with E-state index in [-0.39, 0.29) is 5.91 Å². The zero-order valence-corrected chi connectivity index (χ0v) is 16.2. The molecule has 1 aliphatic heterocycles. The van der Waals surface area contributed by atoms with Crippen LogP contribution in [0.5, 0.6) is 0 Å². The van der Waals surface area contributed by atoms with E-state index in [1.54, 1.807) is 6.20 Å². The molecule has 0 radical (unpaired) electrons. The molecule has 1 amide bonds. The number of aromatic nitrogens is 1. The van der Waals surface area contributed by atoms with Crippen molar-refractivity contribution < 1.29 is 4.79 Å². The van der Waals surface area contributed by atoms with Gasteiger partial charge in [0.25, 0.3) is 5.91 Å². The molecule has 0 unspecified atom stereocenters. The average molecular weight is 367 g/mol. The first-order valence-electron chi connectivity index (χ1n) is 10.0. The number of carbonyl (C=O) groups is 1. The molecule has 27 heavy (non-hydrogen) atoms. The number of benzene rings is 1. The lowest BCUT2D eigenvalue weighted by atomic mass is 10.2. The van der Waals surface area contributed by atoms with Crippen molar-refractivity contribution in [1.29, 1.82) is 0 Å². The molecule has 1 saturated heterocycles. The molecule has 1 aromatic heterocycles. The second-order valence-corrected chi connectivity index (χ2v) is 7.11. The zero-order valence-electron chi connectivity index (χ0n) is 16.2. The van der Waals surface area contributed by atoms with Gasteiger partial charge < -0.3 is 10.2 Å². The topological polar surface area (TPSA) is 48.5 Å². The van der Waals surface area contributed by atoms with Gasteiger partial charge in [-0.05, 0) is 24.1 Å². The van der Waals surface area contributed by atoms with Crippen LogP contribution >= 0.6 is 0 Å². The van der Waals surface area contributed by atoms with Crippen molar-refractivity contribution in [3.8, 4) is 0 Å². The smallest absolute Gasteiger partial charge is 0.269 e. The molecular weight excluding hydrogens is 336 g/mol. The Hall–Kier alpha value is -2.40. The Morgan fingerprint density at radius 2 is 1.85 bits per heavy atom. The van der Waals surface area contributed by atoms with E-state index in [1.165, 1.54) is 5.56 Å². The van der Waals surface area contributed by atoms with Gasteiger partial charge in [0, 0.05) is 51.2 Å². The van der Waals surface area contributed by atoms with Gasteiger partial charge >= 0.3 is 0 Å². The van der Waals surface area contributed by atoms with Crippen molar-refractivity contribution in [1.82, 2.24) is 15.2 Å². The standard InChI is InChI=1S/C22H30N4O/c1-2-3-7-11-24-22(27)21-17-20(10-12-23-21)26-15-13-25(14-16-26)18-19-8-5-4-6-9-19/h4-6,8-10,12,17H,2-3,7,11,13-16,18H2,1H3,(H,24,27). The van der Waals surface area contributed by atoms with Crippen LogP contribution in [0.4, 0.5) is 5.69 Å². The van der Waals surface area contributed by atoms with Crippen molar-refractivity contribution in [2.45, 2.75) is 32.7 Å². The molecule has 2 aromatic rings. The molecule has 1 aliphatic rings. The van der Waals surface area contributed by atoms with Gasteiger partial charge in [-0.15, -0.1) is 0 Å². The minimum absolute atomic E-state index is 0.0735. The lowest BCUT2D eigenvalue weighted by molar-refractivity contribution is 0.0948. The molecule has 1 fully saturated rings. The van der Waals surface area contributed by atoms with E-state index < -0.39 is 0 Å². The number of hydrogen-bond acceptors (Lipinski definition) is 4. The summed E-state index contributed by atoms with van der Waals surface area (Å²) in [5, 5.41) is 2.97. The molecule has 0 aliphatic carbocycles. The largest absolute Gasteiger partial charge is 0.369 e. The van der Waals surface area contributed by atoms with Crippen LogP contribution in [0.15, 0.2) is 48.7 Å². The fraction of sp³-hybridized carbons (Fsp3) is 0.455. The third-order valence-electron chi connectivity index (χ3n) is 5.03. The summed E-state index contributed by atoms with van der Waals surface area (Å²) >= 11 is 0. The summed E-state index contributed by atoms with van der Waals surface area (Å²) < 4.78 is 0. The number of nitrogens with one attached hydrogen (secondary N) is 1. The maximum Gasteiger partial charge on any atom is 0.269 e. The van der Waals surface area contributed by atoms with Gasteiger partial charge in [-0.1, -0.05) is 50.1 Å². The predicted molar refractivity (Wildman–Crippen MR) is 110 cm³/mol. The van der Waals surface area contributed by atoms with Gasteiger partial charge in [0.1, 0.15) is 5.69 Å². The van der Waals surface area contributed by atoms with E-state index in [9.17, 15) is 4.79 Å². The first-order chi connectivity index (χ1) is 13.3. The van der Waals surface area contributed by atoms with E-state index in [0.29, 0.717) is 5.69 Å². The number of nitrogens with zero attached hydrogens (tertiary/aromatic N) is 3. The number of piperazine rings is 1. The summed E-state index contributed by atoms with van der Waals surface area (Å²) in [5.41, 5.74) is 2.95. The molecule has 0 spiro atoms. The van der Waals surface area contributed by atoms with Crippen LogP contribution in [-0.4, -0.2) is 48.5 Å². The summed E-state index contributed by atoms with van der Waals surface area (Å²) in [4.78, 5) is 21.4. The minimum atomic E-state index is -0.0735. The number of amides is 1. The molecule has 0 atom stereocenters. The quantitative estimate of drug-likeness (QED) is 0.728. The number of rotatable bonds is 8. The second kappa shape index (κ2) is 10.1. The monoisotopic (exact) mass is 366 g/mol. The Bertz CT molecular complexity index is 711.